The van der Waals surface area contributed by atoms with Crippen molar-refractivity contribution >= 4 is 58.7 Å². The van der Waals surface area contributed by atoms with Crippen molar-refractivity contribution in [3.63, 3.8) is 0 Å². The number of unbranched alkanes of at least 4 members (excludes halogenated alkanes) is 3. The van der Waals surface area contributed by atoms with E-state index in [4.69, 9.17) is 37.9 Å². The highest BCUT2D eigenvalue weighted by Crippen LogP contribution is 2.62. The predicted molar refractivity (Wildman–Crippen MR) is 406 cm³/mol. The van der Waals surface area contributed by atoms with Crippen LogP contribution in [0.3, 0.4) is 0 Å². The van der Waals surface area contributed by atoms with Crippen LogP contribution in [-0.2, 0) is 85.8 Å². The van der Waals surface area contributed by atoms with Crippen molar-refractivity contribution in [3.8, 4) is 0 Å². The number of methoxy groups -OCH3 is 3. The van der Waals surface area contributed by atoms with E-state index in [0.717, 1.165) is 31.4 Å². The summed E-state index contributed by atoms with van der Waals surface area (Å²) in [5.74, 6) is -12.8. The summed E-state index contributed by atoms with van der Waals surface area (Å²) in [6.07, 6.45) is 13.8. The number of hydrogen-bond acceptors (Lipinski definition) is 23. The number of Topliss-reactive ketones (excluding diaryl/α,β-unsaturated/α-hetero) is 5. The number of rotatable bonds is 21. The second kappa shape index (κ2) is 39.1. The van der Waals surface area contributed by atoms with E-state index in [2.05, 4.69) is 0 Å². The molecule has 0 spiro atoms. The third-order valence-electron chi connectivity index (χ3n) is 24.7. The van der Waals surface area contributed by atoms with Gasteiger partial charge in [0.2, 0.25) is 11.6 Å². The lowest BCUT2D eigenvalue weighted by atomic mass is 9.53. The first-order chi connectivity index (χ1) is 51.6. The molecule has 109 heavy (non-hydrogen) atoms. The molecule has 3 N–H and O–H groups in total. The Morgan fingerprint density at radius 3 is 2.12 bits per heavy atom. The van der Waals surface area contributed by atoms with Crippen molar-refractivity contribution in [2.24, 2.45) is 52.3 Å². The molecule has 0 aromatic carbocycles. The number of hydrogen-bond donors (Lipinski definition) is 3. The fraction of sp³-hybridized carbons (Fsp3) is 0.718. The Bertz CT molecular complexity index is 3540. The van der Waals surface area contributed by atoms with Gasteiger partial charge < -0.3 is 67.9 Å². The van der Waals surface area contributed by atoms with E-state index < -0.39 is 142 Å². The molecule has 0 radical (unpaired) electrons. The molecule has 5 fully saturated rings. The van der Waals surface area contributed by atoms with Gasteiger partial charge in [-0.15, -0.1) is 0 Å². The van der Waals surface area contributed by atoms with Crippen LogP contribution < -0.4 is 0 Å². The Morgan fingerprint density at radius 2 is 1.46 bits per heavy atom. The molecule has 2 saturated carbocycles. The van der Waals surface area contributed by atoms with Gasteiger partial charge in [-0.2, -0.15) is 0 Å². The van der Waals surface area contributed by atoms with Gasteiger partial charge in [0, 0.05) is 126 Å². The molecule has 24 heteroatoms. The molecule has 1 amide bonds. The number of allylic oxidation sites excluding steroid dienone is 7. The molecular weight excluding hydrogens is 1400 g/mol. The standard InChI is InChI=1S/C85H125N3O21/c1-50-26-19-18-20-27-51(2)64(103-14)45-59-36-31-56(7)85(101,109-59)79(97)80(98)88-41-24-23-28-62(88)82(100)106-65(53(4)44-57-32-34-58(89)35-33-57)46-63(90)52(3)43-55(6)77(78(104-15)74(94)54(5)42-50)108-70(93)30-22-17-16-21-29-69(92)105-66-47-83(8)61(37-38-67(83)91)71-73(66)84(9)68(49-102-13)107-81(99)60(72(84)76(96)75(71)95)48-87(12)40-25-39-86(10)11/h18-20,26-27,43,48,50,52-54,56-59,61-62,64-66,68,77-78,89,96,101H,16-17,21-25,28-42,44-47,49H2,1-15H3/b20-18+,26-19+,51-27+,55-43+,60-48+/t50-,52-,53-,54-,56-,57?,58?,59+,61+,62?,64+,65+,66-,68-,77-,78+,83+,84+,85-/m1/s1. The number of ether oxygens (including phenoxy) is 8. The van der Waals surface area contributed by atoms with Crippen molar-refractivity contribution in [2.75, 3.05) is 68.7 Å². The highest BCUT2D eigenvalue weighted by atomic mass is 16.6. The number of ketones is 5. The van der Waals surface area contributed by atoms with Crippen LogP contribution in [0.4, 0.5) is 0 Å². The monoisotopic (exact) mass is 1520 g/mol. The number of cyclic esters (lactones) is 2. The summed E-state index contributed by atoms with van der Waals surface area (Å²) in [6.45, 7) is 17.3. The zero-order valence-electron chi connectivity index (χ0n) is 67.4. The minimum absolute atomic E-state index is 0.0102. The van der Waals surface area contributed by atoms with Crippen LogP contribution in [0, 0.1) is 52.3 Å². The van der Waals surface area contributed by atoms with Crippen LogP contribution in [0.15, 0.2) is 81.9 Å². The molecule has 1 unspecified atom stereocenters. The lowest BCUT2D eigenvalue weighted by Crippen LogP contribution is -2.61. The van der Waals surface area contributed by atoms with Gasteiger partial charge in [-0.25, -0.2) is 9.59 Å². The first-order valence-electron chi connectivity index (χ1n) is 40.0. The molecule has 606 valence electrons. The third-order valence-corrected chi connectivity index (χ3v) is 24.7. The van der Waals surface area contributed by atoms with Crippen molar-refractivity contribution in [3.05, 3.63) is 81.9 Å². The average molecular weight is 1520 g/mol. The molecule has 24 nitrogen and oxygen atoms in total. The van der Waals surface area contributed by atoms with Crippen LogP contribution in [-0.4, -0.2) is 218 Å². The second-order valence-corrected chi connectivity index (χ2v) is 33.4. The van der Waals surface area contributed by atoms with E-state index in [1.807, 2.05) is 75.0 Å². The lowest BCUT2D eigenvalue weighted by molar-refractivity contribution is -0.265. The van der Waals surface area contributed by atoms with Crippen molar-refractivity contribution in [2.45, 2.75) is 271 Å². The summed E-state index contributed by atoms with van der Waals surface area (Å²) in [5.41, 5.74) is -0.713. The molecule has 2 bridgehead atoms. The first-order valence-corrected chi connectivity index (χ1v) is 40.0. The topological polar surface area (TPSA) is 315 Å². The van der Waals surface area contributed by atoms with Gasteiger partial charge in [-0.1, -0.05) is 90.8 Å². The predicted octanol–water partition coefficient (Wildman–Crippen LogP) is 10.8. The molecular formula is C85H125N3O21. The summed E-state index contributed by atoms with van der Waals surface area (Å²) < 4.78 is 49.0. The van der Waals surface area contributed by atoms with Crippen molar-refractivity contribution in [1.82, 2.24) is 14.7 Å². The van der Waals surface area contributed by atoms with Crippen LogP contribution >= 0.6 is 0 Å². The number of carbonyl (C=O) groups is 10. The Balaban J connectivity index is 1.00. The SMILES string of the molecule is COC[C@H]1OC(=O)/C(=C/N(C)CCCN(C)C)C2=C(O)C(=O)C3=C([C@H](OC(=O)CCCCCCC(=O)O[C@@H]4/C(C)=C/[C@@H](C)C(=O)C[C@@H]([C@H](C)CC5CCC(O)CC5)OC(=O)C5CCCCN5C(=O)C(=O)[C@]5(O)O[C@@H](CC[C@H]5C)C[C@H](OC)/C(C)=C/C=C/C=C/[C@@H](C)C[C@@H](C)C(=O)[C@@H]4OC)C[C@]4(C)C(=O)CC[C@@H]34)[C@]21C. The van der Waals surface area contributed by atoms with Crippen LogP contribution in [0.2, 0.25) is 0 Å². The number of aliphatic hydroxyl groups is 3. The van der Waals surface area contributed by atoms with E-state index in [0.29, 0.717) is 101 Å². The summed E-state index contributed by atoms with van der Waals surface area (Å²) in [6, 6.07) is -1.21. The van der Waals surface area contributed by atoms with Gasteiger partial charge in [0.25, 0.3) is 11.7 Å². The molecule has 8 aliphatic rings. The maximum absolute atomic E-state index is 14.8. The van der Waals surface area contributed by atoms with Gasteiger partial charge in [-0.05, 0) is 172 Å². The Labute approximate surface area is 645 Å². The highest BCUT2D eigenvalue weighted by molar-refractivity contribution is 6.39. The summed E-state index contributed by atoms with van der Waals surface area (Å²) in [4.78, 5) is 150. The normalized spacial score (nSPS) is 36.0. The molecule has 8 rings (SSSR count). The smallest absolute Gasteiger partial charge is 0.340 e. The van der Waals surface area contributed by atoms with Gasteiger partial charge >= 0.3 is 23.9 Å². The zero-order chi connectivity index (χ0) is 80.0. The van der Waals surface area contributed by atoms with Gasteiger partial charge in [0.1, 0.15) is 35.9 Å². The molecule has 0 aromatic rings. The number of carbonyl (C=O) groups excluding carboxylic acids is 10. The fourth-order valence-corrected chi connectivity index (χ4v) is 18.1. The van der Waals surface area contributed by atoms with Crippen LogP contribution in [0.5, 0.6) is 0 Å². The third kappa shape index (κ3) is 20.9. The fourth-order valence-electron chi connectivity index (χ4n) is 18.1. The molecule has 4 aliphatic heterocycles. The minimum Gasteiger partial charge on any atom is -0.504 e. The number of aliphatic hydroxyl groups excluding tert-OH is 2. The quantitative estimate of drug-likeness (QED) is 0.0240. The Morgan fingerprint density at radius 1 is 0.771 bits per heavy atom. The molecule has 4 aliphatic carbocycles. The minimum atomic E-state index is -2.49. The summed E-state index contributed by atoms with van der Waals surface area (Å²) in [5, 5.41) is 34.7. The van der Waals surface area contributed by atoms with Crippen LogP contribution in [0.1, 0.15) is 210 Å². The van der Waals surface area contributed by atoms with E-state index in [1.165, 1.54) is 19.1 Å². The number of esters is 4. The van der Waals surface area contributed by atoms with E-state index in [9.17, 15) is 63.3 Å². The second-order valence-electron chi connectivity index (χ2n) is 33.4. The molecule has 4 heterocycles. The number of fused-ring (bicyclic) bond motifs is 7. The summed E-state index contributed by atoms with van der Waals surface area (Å²) >= 11 is 0. The molecule has 17 atom stereocenters. The van der Waals surface area contributed by atoms with E-state index in [-0.39, 0.29) is 110 Å². The highest BCUT2D eigenvalue weighted by Gasteiger charge is 2.65. The lowest BCUT2D eigenvalue weighted by Gasteiger charge is -2.53. The maximum atomic E-state index is 14.8. The van der Waals surface area contributed by atoms with Crippen molar-refractivity contribution in [1.29, 1.82) is 0 Å². The van der Waals surface area contributed by atoms with E-state index >= 15 is 0 Å². The van der Waals surface area contributed by atoms with Gasteiger partial charge in [-0.3, -0.25) is 38.4 Å². The number of amides is 1. The summed E-state index contributed by atoms with van der Waals surface area (Å²) in [7, 11) is 10.1. The Kier molecular flexibility index (Phi) is 31.5. The van der Waals surface area contributed by atoms with Gasteiger partial charge in [0.05, 0.1) is 35.9 Å². The molecule has 3 saturated heterocycles. The number of nitrogens with zero attached hydrogens (tertiary/aromatic N) is 3. The van der Waals surface area contributed by atoms with Crippen molar-refractivity contribution < 1.29 is 101 Å². The van der Waals surface area contributed by atoms with Gasteiger partial charge in [0.15, 0.2) is 23.8 Å². The molecule has 0 aromatic heterocycles. The average Bonchev–Trinajstić information content (AvgIpc) is 1.66. The first kappa shape index (κ1) is 87.8. The number of piperidine rings is 1. The van der Waals surface area contributed by atoms with E-state index in [1.54, 1.807) is 68.0 Å². The zero-order valence-corrected chi connectivity index (χ0v) is 67.4. The van der Waals surface area contributed by atoms with Crippen LogP contribution in [0.25, 0.3) is 0 Å². The Hall–Kier alpha value is -6.80. The maximum Gasteiger partial charge on any atom is 0.340 e. The largest absolute Gasteiger partial charge is 0.504 e.